The summed E-state index contributed by atoms with van der Waals surface area (Å²) >= 11 is 0. The summed E-state index contributed by atoms with van der Waals surface area (Å²) in [4.78, 5) is 0. The number of halogens is 4. The molecule has 0 aliphatic heterocycles. The van der Waals surface area contributed by atoms with Crippen molar-refractivity contribution in [1.82, 2.24) is 0 Å². The van der Waals surface area contributed by atoms with Crippen molar-refractivity contribution in [3.63, 3.8) is 0 Å². The number of rotatable bonds is 0. The van der Waals surface area contributed by atoms with Crippen molar-refractivity contribution in [2.45, 2.75) is 0 Å². The Morgan fingerprint density at radius 3 is 0.400 bits per heavy atom. The molecule has 0 N–H and O–H groups in total. The molecule has 0 saturated heterocycles. The van der Waals surface area contributed by atoms with Crippen LogP contribution in [0.4, 0.5) is 0 Å². The van der Waals surface area contributed by atoms with Crippen molar-refractivity contribution in [3.05, 3.63) is 0 Å². The Bertz CT molecular complexity index is 3.61. The Morgan fingerprint density at radius 1 is 0.400 bits per heavy atom. The molecule has 0 aromatic carbocycles. The van der Waals surface area contributed by atoms with Gasteiger partial charge in [-0.05, 0) is 0 Å². The average molecular weight is 591 g/mol. The monoisotopic (exact) mass is 592 g/mol. The fourth-order valence-electron chi connectivity index (χ4n) is 0. The summed E-state index contributed by atoms with van der Waals surface area (Å²) in [5.41, 5.74) is 0. The fraction of sp³-hybridized carbons (Fsp3) is 0. The van der Waals surface area contributed by atoms with E-state index in [2.05, 4.69) is 0 Å². The fourth-order valence-corrected chi connectivity index (χ4v) is 0. The van der Waals surface area contributed by atoms with Gasteiger partial charge in [0.05, 0.1) is 0 Å². The SMILES string of the molecule is I.I.I.I.[Se]. The van der Waals surface area contributed by atoms with E-state index in [-0.39, 0.29) is 113 Å². The van der Waals surface area contributed by atoms with E-state index in [0.717, 1.165) is 0 Å². The summed E-state index contributed by atoms with van der Waals surface area (Å²) in [6.45, 7) is 0. The van der Waals surface area contributed by atoms with E-state index in [1.54, 1.807) is 0 Å². The second kappa shape index (κ2) is 26.1. The first kappa shape index (κ1) is 39.5. The Kier molecular flexibility index (Phi) is 206. The molecule has 0 saturated carbocycles. The van der Waals surface area contributed by atoms with Gasteiger partial charge in [-0.1, -0.05) is 0 Å². The summed E-state index contributed by atoms with van der Waals surface area (Å²) in [5.74, 6) is 0. The van der Waals surface area contributed by atoms with Gasteiger partial charge in [-0.2, -0.15) is 0 Å². The molecule has 0 aromatic rings. The zero-order chi connectivity index (χ0) is 0. The normalized spacial score (nSPS) is 0. The average Bonchev–Trinajstić information content (AvgIpc) is 0. The largest absolute Gasteiger partial charge is 0.107 e. The van der Waals surface area contributed by atoms with Gasteiger partial charge in [0.25, 0.3) is 0 Å². The van der Waals surface area contributed by atoms with Crippen LogP contribution in [0.15, 0.2) is 0 Å². The van der Waals surface area contributed by atoms with Crippen LogP contribution >= 0.6 is 95.9 Å². The van der Waals surface area contributed by atoms with Crippen LogP contribution in [-0.2, 0) is 0 Å². The standard InChI is InChI=1S/4HI.Se/h4*1H;. The molecular formula is H4I4Se. The molecule has 0 aliphatic carbocycles. The van der Waals surface area contributed by atoms with Crippen LogP contribution < -0.4 is 0 Å². The molecule has 0 atom stereocenters. The third-order valence-corrected chi connectivity index (χ3v) is 0. The summed E-state index contributed by atoms with van der Waals surface area (Å²) in [7, 11) is 0. The van der Waals surface area contributed by atoms with Crippen LogP contribution in [0.1, 0.15) is 0 Å². The molecule has 0 fully saturated rings. The first-order valence-electron chi connectivity index (χ1n) is 0. The summed E-state index contributed by atoms with van der Waals surface area (Å²) in [6, 6.07) is 0. The number of hydrogen-bond donors (Lipinski definition) is 0. The van der Waals surface area contributed by atoms with E-state index in [1.165, 1.54) is 0 Å². The van der Waals surface area contributed by atoms with Crippen LogP contribution in [0, 0.1) is 0 Å². The molecule has 0 amide bonds. The van der Waals surface area contributed by atoms with Gasteiger partial charge in [0.15, 0.2) is 0 Å². The first-order valence-corrected chi connectivity index (χ1v) is 0. The van der Waals surface area contributed by atoms with Crippen LogP contribution in [0.25, 0.3) is 0 Å². The number of hydrogen-bond acceptors (Lipinski definition) is 0. The molecular weight excluding hydrogens is 587 g/mol. The van der Waals surface area contributed by atoms with Gasteiger partial charge in [-0.3, -0.25) is 0 Å². The zero-order valence-corrected chi connectivity index (χ0v) is 13.1. The minimum Gasteiger partial charge on any atom is -0.107 e. The van der Waals surface area contributed by atoms with E-state index in [1.807, 2.05) is 0 Å². The Balaban J connectivity index is 0. The molecule has 0 bridgehead atoms. The van der Waals surface area contributed by atoms with Gasteiger partial charge in [0.2, 0.25) is 0 Å². The van der Waals surface area contributed by atoms with Crippen molar-refractivity contribution >= 4 is 113 Å². The van der Waals surface area contributed by atoms with Crippen molar-refractivity contribution in [2.75, 3.05) is 0 Å². The second-order valence-corrected chi connectivity index (χ2v) is 0. The second-order valence-electron chi connectivity index (χ2n) is 0. The molecule has 0 unspecified atom stereocenters. The summed E-state index contributed by atoms with van der Waals surface area (Å²) in [5, 5.41) is 0. The van der Waals surface area contributed by atoms with E-state index in [0.29, 0.717) is 0 Å². The van der Waals surface area contributed by atoms with Crippen molar-refractivity contribution in [2.24, 2.45) is 0 Å². The zero-order valence-electron chi connectivity index (χ0n) is 2.04. The third-order valence-electron chi connectivity index (χ3n) is 0. The quantitative estimate of drug-likeness (QED) is 0.300. The molecule has 5 heteroatoms. The van der Waals surface area contributed by atoms with E-state index in [9.17, 15) is 0 Å². The van der Waals surface area contributed by atoms with Gasteiger partial charge in [0.1, 0.15) is 0 Å². The Labute approximate surface area is 111 Å². The van der Waals surface area contributed by atoms with Crippen molar-refractivity contribution in [1.29, 1.82) is 0 Å². The van der Waals surface area contributed by atoms with Crippen molar-refractivity contribution < 1.29 is 0 Å². The molecule has 0 spiro atoms. The maximum atomic E-state index is 0. The van der Waals surface area contributed by atoms with Gasteiger partial charge >= 0.3 is 0 Å². The van der Waals surface area contributed by atoms with Gasteiger partial charge < -0.3 is 0 Å². The van der Waals surface area contributed by atoms with Crippen molar-refractivity contribution in [3.8, 4) is 0 Å². The smallest absolute Gasteiger partial charge is 0 e. The minimum absolute atomic E-state index is 0. The topological polar surface area (TPSA) is 0 Å². The molecule has 38 valence electrons. The van der Waals surface area contributed by atoms with Crippen LogP contribution in [-0.4, -0.2) is 17.1 Å². The maximum absolute atomic E-state index is 0. The molecule has 5 heavy (non-hydrogen) atoms. The van der Waals surface area contributed by atoms with E-state index >= 15 is 0 Å². The maximum Gasteiger partial charge on any atom is 0 e. The summed E-state index contributed by atoms with van der Waals surface area (Å²) in [6.07, 6.45) is 0. The molecule has 2 radical (unpaired) electrons. The minimum atomic E-state index is 0. The molecule has 0 rings (SSSR count). The van der Waals surface area contributed by atoms with E-state index in [4.69, 9.17) is 0 Å². The van der Waals surface area contributed by atoms with Gasteiger partial charge in [-0.15, -0.1) is 95.9 Å². The Hall–Kier alpha value is 3.44. The predicted octanol–water partition coefficient (Wildman–Crippen LogP) is 2.09. The molecule has 0 heterocycles. The van der Waals surface area contributed by atoms with Gasteiger partial charge in [0, 0.05) is 17.1 Å². The molecule has 0 nitrogen and oxygen atoms in total. The summed E-state index contributed by atoms with van der Waals surface area (Å²) < 4.78 is 0. The molecule has 0 aliphatic rings. The Morgan fingerprint density at radius 2 is 0.400 bits per heavy atom. The van der Waals surface area contributed by atoms with Gasteiger partial charge in [-0.25, -0.2) is 0 Å². The van der Waals surface area contributed by atoms with Crippen LogP contribution in [0.3, 0.4) is 0 Å². The van der Waals surface area contributed by atoms with Crippen LogP contribution in [0.5, 0.6) is 0 Å². The van der Waals surface area contributed by atoms with E-state index < -0.39 is 0 Å². The first-order chi connectivity index (χ1) is 0. The predicted molar refractivity (Wildman–Crippen MR) is 67.4 cm³/mol. The third kappa shape index (κ3) is 18.6. The van der Waals surface area contributed by atoms with Crippen LogP contribution in [0.2, 0.25) is 0 Å². The molecule has 0 aromatic heterocycles.